The molecule has 1 fully saturated rings. The highest BCUT2D eigenvalue weighted by molar-refractivity contribution is 5.91. The number of aromatic nitrogens is 4. The molecular formula is C24H21FN6O2. The molecule has 0 spiro atoms. The van der Waals surface area contributed by atoms with Gasteiger partial charge in [-0.1, -0.05) is 6.07 Å². The number of anilines is 1. The number of nitrogens with zero attached hydrogens (tertiary/aromatic N) is 5. The summed E-state index contributed by atoms with van der Waals surface area (Å²) in [5, 5.41) is 3.69. The summed E-state index contributed by atoms with van der Waals surface area (Å²) in [5.74, 6) is -0.163. The maximum atomic E-state index is 13.6. The normalized spacial score (nSPS) is 13.8. The second-order valence-electron chi connectivity index (χ2n) is 7.68. The highest BCUT2D eigenvalue weighted by Crippen LogP contribution is 2.33. The Labute approximate surface area is 189 Å². The minimum Gasteiger partial charge on any atom is -0.378 e. The van der Waals surface area contributed by atoms with Gasteiger partial charge in [-0.05, 0) is 48.9 Å². The van der Waals surface area contributed by atoms with E-state index in [1.807, 2.05) is 25.1 Å². The molecule has 33 heavy (non-hydrogen) atoms. The van der Waals surface area contributed by atoms with E-state index in [0.29, 0.717) is 37.6 Å². The van der Waals surface area contributed by atoms with Crippen LogP contribution in [0.25, 0.3) is 33.3 Å². The molecule has 3 heterocycles. The number of hydrogen-bond acceptors (Lipinski definition) is 6. The first-order valence-electron chi connectivity index (χ1n) is 10.6. The van der Waals surface area contributed by atoms with E-state index in [2.05, 4.69) is 25.3 Å². The minimum absolute atomic E-state index is 0.176. The fourth-order valence-corrected chi connectivity index (χ4v) is 3.78. The van der Waals surface area contributed by atoms with Crippen LogP contribution in [0.15, 0.2) is 55.0 Å². The molecule has 2 aromatic heterocycles. The van der Waals surface area contributed by atoms with Gasteiger partial charge in [-0.25, -0.2) is 29.1 Å². The Kier molecular flexibility index (Phi) is 5.62. The summed E-state index contributed by atoms with van der Waals surface area (Å²) in [4.78, 5) is 31.9. The summed E-state index contributed by atoms with van der Waals surface area (Å²) in [6.45, 7) is 3.94. The van der Waals surface area contributed by atoms with E-state index < -0.39 is 0 Å². The molecule has 166 valence electrons. The van der Waals surface area contributed by atoms with E-state index in [0.717, 1.165) is 27.7 Å². The van der Waals surface area contributed by atoms with Crippen LogP contribution in [-0.2, 0) is 4.74 Å². The molecule has 0 aliphatic carbocycles. The summed E-state index contributed by atoms with van der Waals surface area (Å²) in [7, 11) is 0. The Morgan fingerprint density at radius 1 is 1.03 bits per heavy atom. The molecule has 1 N–H and O–H groups in total. The van der Waals surface area contributed by atoms with Crippen LogP contribution < -0.4 is 5.32 Å². The molecule has 0 saturated carbocycles. The molecule has 2 aromatic carbocycles. The lowest BCUT2D eigenvalue weighted by atomic mass is 9.99. The Morgan fingerprint density at radius 2 is 1.79 bits per heavy atom. The van der Waals surface area contributed by atoms with E-state index in [1.54, 1.807) is 23.2 Å². The number of fused-ring (bicyclic) bond motifs is 1. The van der Waals surface area contributed by atoms with Gasteiger partial charge in [0.1, 0.15) is 12.1 Å². The average molecular weight is 444 g/mol. The molecule has 1 saturated heterocycles. The van der Waals surface area contributed by atoms with Crippen LogP contribution in [-0.4, -0.2) is 57.2 Å². The molecule has 1 aliphatic rings. The maximum absolute atomic E-state index is 13.6. The van der Waals surface area contributed by atoms with Gasteiger partial charge in [-0.3, -0.25) is 5.32 Å². The van der Waals surface area contributed by atoms with E-state index in [9.17, 15) is 9.18 Å². The number of ether oxygens (including phenoxy) is 1. The van der Waals surface area contributed by atoms with E-state index in [4.69, 9.17) is 4.74 Å². The van der Waals surface area contributed by atoms with Crippen molar-refractivity contribution in [2.45, 2.75) is 6.92 Å². The third kappa shape index (κ3) is 4.35. The maximum Gasteiger partial charge on any atom is 0.324 e. The average Bonchev–Trinajstić information content (AvgIpc) is 2.85. The summed E-state index contributed by atoms with van der Waals surface area (Å²) in [6.07, 6.45) is 3.21. The predicted molar refractivity (Wildman–Crippen MR) is 122 cm³/mol. The highest BCUT2D eigenvalue weighted by atomic mass is 19.1. The Hall–Kier alpha value is -3.98. The Morgan fingerprint density at radius 3 is 2.58 bits per heavy atom. The molecule has 0 unspecified atom stereocenters. The van der Waals surface area contributed by atoms with Gasteiger partial charge >= 0.3 is 6.03 Å². The number of nitrogens with one attached hydrogen (secondary N) is 1. The lowest BCUT2D eigenvalue weighted by molar-refractivity contribution is 0.0564. The second kappa shape index (κ2) is 8.87. The van der Waals surface area contributed by atoms with Crippen molar-refractivity contribution in [1.29, 1.82) is 0 Å². The molecular weight excluding hydrogens is 423 g/mol. The van der Waals surface area contributed by atoms with Gasteiger partial charge in [0.25, 0.3) is 0 Å². The van der Waals surface area contributed by atoms with Gasteiger partial charge < -0.3 is 9.64 Å². The summed E-state index contributed by atoms with van der Waals surface area (Å²) >= 11 is 0. The van der Waals surface area contributed by atoms with Crippen LogP contribution in [0.4, 0.5) is 15.1 Å². The first kappa shape index (κ1) is 20.9. The van der Waals surface area contributed by atoms with Crippen LogP contribution in [0, 0.1) is 12.7 Å². The van der Waals surface area contributed by atoms with Gasteiger partial charge in [0.2, 0.25) is 5.95 Å². The molecule has 5 rings (SSSR count). The number of morpholine rings is 1. The number of aryl methyl sites for hydroxylation is 1. The first-order valence-corrected chi connectivity index (χ1v) is 10.6. The second-order valence-corrected chi connectivity index (χ2v) is 7.68. The summed E-state index contributed by atoms with van der Waals surface area (Å²) in [5.41, 5.74) is 4.60. The van der Waals surface area contributed by atoms with Crippen molar-refractivity contribution in [3.8, 4) is 22.4 Å². The standard InChI is InChI=1S/C24H21FN6O2/c1-15-19-12-17(4-7-21(19)28-14-27-15)20-13-26-23(30-24(32)31-8-10-33-11-9-31)29-22(20)16-2-5-18(25)6-3-16/h2-7,12-14H,8-11H2,1H3,(H,26,29,30,32). The molecule has 0 bridgehead atoms. The van der Waals surface area contributed by atoms with Crippen molar-refractivity contribution in [3.05, 3.63) is 66.5 Å². The van der Waals surface area contributed by atoms with Gasteiger partial charge in [-0.2, -0.15) is 0 Å². The van der Waals surface area contributed by atoms with Gasteiger partial charge in [0.15, 0.2) is 0 Å². The third-order valence-corrected chi connectivity index (χ3v) is 5.57. The van der Waals surface area contributed by atoms with E-state index in [1.165, 1.54) is 18.5 Å². The topological polar surface area (TPSA) is 93.1 Å². The molecule has 8 nitrogen and oxygen atoms in total. The van der Waals surface area contributed by atoms with Crippen LogP contribution in [0.5, 0.6) is 0 Å². The molecule has 9 heteroatoms. The number of carbonyl (C=O) groups is 1. The predicted octanol–water partition coefficient (Wildman–Crippen LogP) is 4.07. The zero-order valence-electron chi connectivity index (χ0n) is 18.0. The Balaban J connectivity index is 1.56. The molecule has 4 aromatic rings. The summed E-state index contributed by atoms with van der Waals surface area (Å²) < 4.78 is 18.9. The van der Waals surface area contributed by atoms with Gasteiger partial charge in [-0.15, -0.1) is 0 Å². The lowest BCUT2D eigenvalue weighted by Crippen LogP contribution is -2.43. The summed E-state index contributed by atoms with van der Waals surface area (Å²) in [6, 6.07) is 11.6. The molecule has 0 radical (unpaired) electrons. The first-order chi connectivity index (χ1) is 16.1. The molecule has 2 amide bonds. The number of halogens is 1. The monoisotopic (exact) mass is 444 g/mol. The third-order valence-electron chi connectivity index (χ3n) is 5.57. The van der Waals surface area contributed by atoms with E-state index >= 15 is 0 Å². The van der Waals surface area contributed by atoms with Crippen LogP contribution >= 0.6 is 0 Å². The van der Waals surface area contributed by atoms with Gasteiger partial charge in [0, 0.05) is 41.5 Å². The number of carbonyl (C=O) groups excluding carboxylic acids is 1. The zero-order valence-corrected chi connectivity index (χ0v) is 18.0. The number of hydrogen-bond donors (Lipinski definition) is 1. The fourth-order valence-electron chi connectivity index (χ4n) is 3.78. The van der Waals surface area contributed by atoms with Crippen molar-refractivity contribution in [1.82, 2.24) is 24.8 Å². The van der Waals surface area contributed by atoms with Crippen LogP contribution in [0.3, 0.4) is 0 Å². The number of benzene rings is 2. The SMILES string of the molecule is Cc1ncnc2ccc(-c3cnc(NC(=O)N4CCOCC4)nc3-c3ccc(F)cc3)cc12. The van der Waals surface area contributed by atoms with Crippen molar-refractivity contribution in [2.75, 3.05) is 31.6 Å². The fraction of sp³-hybridized carbons (Fsp3) is 0.208. The number of urea groups is 1. The van der Waals surface area contributed by atoms with Crippen molar-refractivity contribution < 1.29 is 13.9 Å². The van der Waals surface area contributed by atoms with Crippen LogP contribution in [0.1, 0.15) is 5.69 Å². The van der Waals surface area contributed by atoms with Crippen LogP contribution in [0.2, 0.25) is 0 Å². The highest BCUT2D eigenvalue weighted by Gasteiger charge is 2.19. The molecule has 1 aliphatic heterocycles. The molecule has 0 atom stereocenters. The minimum atomic E-state index is -0.339. The van der Waals surface area contributed by atoms with E-state index in [-0.39, 0.29) is 17.8 Å². The van der Waals surface area contributed by atoms with Crippen molar-refractivity contribution >= 4 is 22.9 Å². The Bertz CT molecular complexity index is 1320. The zero-order chi connectivity index (χ0) is 22.8. The van der Waals surface area contributed by atoms with Gasteiger partial charge in [0.05, 0.1) is 24.4 Å². The largest absolute Gasteiger partial charge is 0.378 e. The lowest BCUT2D eigenvalue weighted by Gasteiger charge is -2.26. The number of rotatable bonds is 3. The van der Waals surface area contributed by atoms with Crippen molar-refractivity contribution in [2.24, 2.45) is 0 Å². The van der Waals surface area contributed by atoms with Crippen molar-refractivity contribution in [3.63, 3.8) is 0 Å². The quantitative estimate of drug-likeness (QED) is 0.512. The number of amides is 2. The smallest absolute Gasteiger partial charge is 0.324 e.